The molecule has 7 heteroatoms. The zero-order chi connectivity index (χ0) is 16.1. The van der Waals surface area contributed by atoms with Gasteiger partial charge in [0.05, 0.1) is 15.7 Å². The molecule has 23 heavy (non-hydrogen) atoms. The summed E-state index contributed by atoms with van der Waals surface area (Å²) in [6.45, 7) is 4.61. The van der Waals surface area contributed by atoms with Gasteiger partial charge in [-0.3, -0.25) is 9.69 Å². The van der Waals surface area contributed by atoms with Crippen LogP contribution < -0.4 is 11.1 Å². The minimum absolute atomic E-state index is 0. The normalized spacial score (nSPS) is 21.6. The summed E-state index contributed by atoms with van der Waals surface area (Å²) in [6.07, 6.45) is 2.68. The van der Waals surface area contributed by atoms with Crippen molar-refractivity contribution in [3.05, 3.63) is 28.2 Å². The summed E-state index contributed by atoms with van der Waals surface area (Å²) in [5.41, 5.74) is 6.33. The number of nitrogens with zero attached hydrogens (tertiary/aromatic N) is 1. The average Bonchev–Trinajstić information content (AvgIpc) is 2.49. The first-order chi connectivity index (χ1) is 10.5. The predicted octanol–water partition coefficient (Wildman–Crippen LogP) is 3.80. The molecule has 0 aliphatic carbocycles. The van der Waals surface area contributed by atoms with E-state index in [0.29, 0.717) is 47.2 Å². The summed E-state index contributed by atoms with van der Waals surface area (Å²) >= 11 is 12.1. The Bertz CT molecular complexity index is 507. The molecule has 0 saturated carbocycles. The molecule has 0 aromatic heterocycles. The van der Waals surface area contributed by atoms with Crippen LogP contribution in [0.4, 0.5) is 5.69 Å². The molecule has 1 aliphatic heterocycles. The van der Waals surface area contributed by atoms with Gasteiger partial charge in [0.15, 0.2) is 0 Å². The summed E-state index contributed by atoms with van der Waals surface area (Å²) < 4.78 is 0. The minimum Gasteiger partial charge on any atom is -0.329 e. The van der Waals surface area contributed by atoms with Crippen LogP contribution in [0.2, 0.25) is 10.0 Å². The fraction of sp³-hybridized carbons (Fsp3) is 0.562. The molecule has 1 fully saturated rings. The van der Waals surface area contributed by atoms with Gasteiger partial charge in [-0.15, -0.1) is 12.4 Å². The molecule has 2 atom stereocenters. The van der Waals surface area contributed by atoms with Crippen LogP contribution in [0, 0.1) is 5.92 Å². The van der Waals surface area contributed by atoms with E-state index in [0.717, 1.165) is 19.4 Å². The number of amides is 1. The highest BCUT2D eigenvalue weighted by Crippen LogP contribution is 2.30. The number of piperidine rings is 1. The highest BCUT2D eigenvalue weighted by molar-refractivity contribution is 6.39. The monoisotopic (exact) mass is 379 g/mol. The first-order valence-corrected chi connectivity index (χ1v) is 8.44. The number of carbonyl (C=O) groups is 1. The Labute approximate surface area is 154 Å². The minimum atomic E-state index is -0.0793. The third-order valence-electron chi connectivity index (χ3n) is 4.23. The van der Waals surface area contributed by atoms with Crippen LogP contribution in [-0.2, 0) is 4.79 Å². The largest absolute Gasteiger partial charge is 0.329 e. The van der Waals surface area contributed by atoms with E-state index in [1.165, 1.54) is 0 Å². The third-order valence-corrected chi connectivity index (χ3v) is 4.86. The lowest BCUT2D eigenvalue weighted by atomic mass is 9.92. The molecule has 3 N–H and O–H groups in total. The summed E-state index contributed by atoms with van der Waals surface area (Å²) in [4.78, 5) is 14.4. The number of likely N-dealkylation sites (tertiary alicyclic amines) is 1. The molecule has 2 rings (SSSR count). The van der Waals surface area contributed by atoms with Crippen molar-refractivity contribution in [1.29, 1.82) is 0 Å². The van der Waals surface area contributed by atoms with Crippen molar-refractivity contribution in [2.75, 3.05) is 25.0 Å². The second-order valence-corrected chi connectivity index (χ2v) is 6.76. The van der Waals surface area contributed by atoms with Crippen molar-refractivity contribution in [2.45, 2.75) is 32.2 Å². The second kappa shape index (κ2) is 9.70. The Morgan fingerprint density at radius 3 is 2.65 bits per heavy atom. The van der Waals surface area contributed by atoms with Gasteiger partial charge in [-0.2, -0.15) is 0 Å². The van der Waals surface area contributed by atoms with Gasteiger partial charge in [-0.1, -0.05) is 36.2 Å². The molecule has 1 aliphatic rings. The summed E-state index contributed by atoms with van der Waals surface area (Å²) in [7, 11) is 0. The predicted molar refractivity (Wildman–Crippen MR) is 99.8 cm³/mol. The standard InChI is InChI=1S/C16H23Cl2N3O.ClH/c1-11-5-7-21(12(9-11)10-19)8-6-15(22)20-16-13(17)3-2-4-14(16)18;/h2-4,11-12H,5-10,19H2,1H3,(H,20,22);1H. The molecule has 2 unspecified atom stereocenters. The van der Waals surface area contributed by atoms with E-state index >= 15 is 0 Å². The van der Waals surface area contributed by atoms with Crippen molar-refractivity contribution in [3.8, 4) is 0 Å². The van der Waals surface area contributed by atoms with Crippen molar-refractivity contribution >= 4 is 47.2 Å². The molecule has 4 nitrogen and oxygen atoms in total. The molecule has 1 amide bonds. The van der Waals surface area contributed by atoms with E-state index < -0.39 is 0 Å². The number of hydrogen-bond donors (Lipinski definition) is 2. The number of nitrogens with one attached hydrogen (secondary N) is 1. The van der Waals surface area contributed by atoms with E-state index in [4.69, 9.17) is 28.9 Å². The Morgan fingerprint density at radius 2 is 2.04 bits per heavy atom. The first kappa shape index (κ1) is 20.5. The van der Waals surface area contributed by atoms with Gasteiger partial charge in [0.2, 0.25) is 5.91 Å². The van der Waals surface area contributed by atoms with Gasteiger partial charge in [0, 0.05) is 25.6 Å². The maximum absolute atomic E-state index is 12.1. The van der Waals surface area contributed by atoms with E-state index in [9.17, 15) is 4.79 Å². The van der Waals surface area contributed by atoms with Crippen LogP contribution in [0.15, 0.2) is 18.2 Å². The molecule has 1 heterocycles. The third kappa shape index (κ3) is 5.80. The molecule has 0 spiro atoms. The second-order valence-electron chi connectivity index (χ2n) is 5.95. The zero-order valence-corrected chi connectivity index (χ0v) is 15.6. The maximum atomic E-state index is 12.1. The molecule has 1 saturated heterocycles. The number of benzene rings is 1. The van der Waals surface area contributed by atoms with Crippen molar-refractivity contribution < 1.29 is 4.79 Å². The molecular formula is C16H24Cl3N3O. The number of nitrogens with two attached hydrogens (primary N) is 1. The van der Waals surface area contributed by atoms with Crippen LogP contribution in [-0.4, -0.2) is 36.5 Å². The fourth-order valence-electron chi connectivity index (χ4n) is 2.90. The van der Waals surface area contributed by atoms with E-state index in [1.54, 1.807) is 18.2 Å². The molecule has 0 radical (unpaired) electrons. The van der Waals surface area contributed by atoms with Gasteiger partial charge in [0.1, 0.15) is 0 Å². The van der Waals surface area contributed by atoms with Crippen LogP contribution in [0.1, 0.15) is 26.2 Å². The van der Waals surface area contributed by atoms with Crippen molar-refractivity contribution in [3.63, 3.8) is 0 Å². The maximum Gasteiger partial charge on any atom is 0.225 e. The Hall–Kier alpha value is -0.520. The Balaban J connectivity index is 0.00000264. The van der Waals surface area contributed by atoms with E-state index in [2.05, 4.69) is 17.1 Å². The van der Waals surface area contributed by atoms with Crippen LogP contribution >= 0.6 is 35.6 Å². The summed E-state index contributed by atoms with van der Waals surface area (Å²) in [5.74, 6) is 0.630. The SMILES string of the molecule is CC1CCN(CCC(=O)Nc2c(Cl)cccc2Cl)C(CN)C1.Cl. The van der Waals surface area contributed by atoms with E-state index in [-0.39, 0.29) is 18.3 Å². The molecule has 1 aromatic rings. The molecule has 1 aromatic carbocycles. The number of rotatable bonds is 5. The zero-order valence-electron chi connectivity index (χ0n) is 13.2. The molecular weight excluding hydrogens is 357 g/mol. The fourth-order valence-corrected chi connectivity index (χ4v) is 3.40. The van der Waals surface area contributed by atoms with Gasteiger partial charge in [-0.25, -0.2) is 0 Å². The quantitative estimate of drug-likeness (QED) is 0.816. The highest BCUT2D eigenvalue weighted by atomic mass is 35.5. The number of para-hydroxylation sites is 1. The smallest absolute Gasteiger partial charge is 0.225 e. The van der Waals surface area contributed by atoms with Gasteiger partial charge in [0.25, 0.3) is 0 Å². The van der Waals surface area contributed by atoms with Gasteiger partial charge in [-0.05, 0) is 37.4 Å². The molecule has 130 valence electrons. The highest BCUT2D eigenvalue weighted by Gasteiger charge is 2.25. The van der Waals surface area contributed by atoms with Crippen LogP contribution in [0.5, 0.6) is 0 Å². The number of halogens is 3. The lowest BCUT2D eigenvalue weighted by Crippen LogP contribution is -2.47. The van der Waals surface area contributed by atoms with Gasteiger partial charge < -0.3 is 11.1 Å². The molecule has 0 bridgehead atoms. The lowest BCUT2D eigenvalue weighted by Gasteiger charge is -2.37. The van der Waals surface area contributed by atoms with Crippen molar-refractivity contribution in [1.82, 2.24) is 4.90 Å². The first-order valence-electron chi connectivity index (χ1n) is 7.69. The van der Waals surface area contributed by atoms with Crippen LogP contribution in [0.3, 0.4) is 0 Å². The van der Waals surface area contributed by atoms with Crippen LogP contribution in [0.25, 0.3) is 0 Å². The Morgan fingerprint density at radius 1 is 1.39 bits per heavy atom. The van der Waals surface area contributed by atoms with E-state index in [1.807, 2.05) is 0 Å². The summed E-state index contributed by atoms with van der Waals surface area (Å²) in [6, 6.07) is 5.54. The Kier molecular flexibility index (Phi) is 8.65. The topological polar surface area (TPSA) is 58.4 Å². The van der Waals surface area contributed by atoms with Crippen molar-refractivity contribution in [2.24, 2.45) is 11.7 Å². The van der Waals surface area contributed by atoms with Gasteiger partial charge >= 0.3 is 0 Å². The number of hydrogen-bond acceptors (Lipinski definition) is 3. The number of anilines is 1. The summed E-state index contributed by atoms with van der Waals surface area (Å²) in [5, 5.41) is 3.70. The number of carbonyl (C=O) groups excluding carboxylic acids is 1. The average molecular weight is 381 g/mol. The lowest BCUT2D eigenvalue weighted by molar-refractivity contribution is -0.116.